The van der Waals surface area contributed by atoms with Gasteiger partial charge in [-0.2, -0.15) is 0 Å². The van der Waals surface area contributed by atoms with E-state index in [1.54, 1.807) is 43.4 Å². The summed E-state index contributed by atoms with van der Waals surface area (Å²) in [7, 11) is 0. The van der Waals surface area contributed by atoms with Crippen molar-refractivity contribution >= 4 is 6.41 Å². The number of hydrogen-bond donors (Lipinski definition) is 2. The molecule has 0 aromatic carbocycles. The minimum atomic E-state index is -0.0870. The van der Waals surface area contributed by atoms with E-state index < -0.39 is 0 Å². The zero-order valence-electron chi connectivity index (χ0n) is 12.1. The molecule has 2 N–H and O–H groups in total. The highest BCUT2D eigenvalue weighted by Crippen LogP contribution is 2.16. The van der Waals surface area contributed by atoms with Crippen molar-refractivity contribution < 1.29 is 14.6 Å². The van der Waals surface area contributed by atoms with E-state index in [4.69, 9.17) is 4.74 Å². The topological polar surface area (TPSA) is 58.6 Å². The normalized spacial score (nSPS) is 14.3. The lowest BCUT2D eigenvalue weighted by Gasteiger charge is -2.12. The van der Waals surface area contributed by atoms with Crippen molar-refractivity contribution in [2.75, 3.05) is 0 Å². The summed E-state index contributed by atoms with van der Waals surface area (Å²) in [4.78, 5) is 10.6. The number of aliphatic hydroxyl groups excluding tert-OH is 1. The van der Waals surface area contributed by atoms with Gasteiger partial charge in [0, 0.05) is 0 Å². The van der Waals surface area contributed by atoms with Gasteiger partial charge in [-0.3, -0.25) is 4.79 Å². The van der Waals surface area contributed by atoms with Crippen molar-refractivity contribution in [3.05, 3.63) is 72.1 Å². The molecule has 0 bridgehead atoms. The number of ether oxygens (including phenoxy) is 1. The van der Waals surface area contributed by atoms with Gasteiger partial charge in [0.15, 0.2) is 17.3 Å². The van der Waals surface area contributed by atoms with Crippen molar-refractivity contribution in [2.24, 2.45) is 0 Å². The molecule has 1 amide bonds. The van der Waals surface area contributed by atoms with Crippen LogP contribution in [0.1, 0.15) is 20.8 Å². The van der Waals surface area contributed by atoms with E-state index >= 15 is 0 Å². The predicted octanol–water partition coefficient (Wildman–Crippen LogP) is 3.64. The van der Waals surface area contributed by atoms with Crippen LogP contribution in [0.3, 0.4) is 0 Å². The Balaban J connectivity index is 5.74. The summed E-state index contributed by atoms with van der Waals surface area (Å²) in [5.74, 6) is 0.556. The minimum Gasteiger partial charge on any atom is -0.504 e. The predicted molar refractivity (Wildman–Crippen MR) is 81.6 cm³/mol. The molecule has 0 aliphatic carbocycles. The Kier molecular flexibility index (Phi) is 9.14. The van der Waals surface area contributed by atoms with E-state index in [2.05, 4.69) is 11.9 Å². The van der Waals surface area contributed by atoms with Crippen molar-refractivity contribution in [1.29, 1.82) is 0 Å². The highest BCUT2D eigenvalue weighted by molar-refractivity contribution is 5.53. The summed E-state index contributed by atoms with van der Waals surface area (Å²) in [5, 5.41) is 12.3. The second-order valence-corrected chi connectivity index (χ2v) is 3.60. The molecule has 4 heteroatoms. The molecule has 0 fully saturated rings. The molecule has 20 heavy (non-hydrogen) atoms. The number of carbonyl (C=O) groups is 1. The van der Waals surface area contributed by atoms with Gasteiger partial charge in [0.2, 0.25) is 6.41 Å². The Labute approximate surface area is 120 Å². The molecule has 0 aliphatic rings. The first-order chi connectivity index (χ1) is 9.64. The molecule has 4 nitrogen and oxygen atoms in total. The van der Waals surface area contributed by atoms with Gasteiger partial charge in [-0.25, -0.2) is 0 Å². The van der Waals surface area contributed by atoms with Crippen LogP contribution < -0.4 is 5.32 Å². The Morgan fingerprint density at radius 2 is 1.60 bits per heavy atom. The molecular weight excluding hydrogens is 254 g/mol. The smallest absolute Gasteiger partial charge is 0.211 e. The van der Waals surface area contributed by atoms with Gasteiger partial charge >= 0.3 is 0 Å². The lowest BCUT2D eigenvalue weighted by atomic mass is 10.3. The van der Waals surface area contributed by atoms with Crippen LogP contribution in [-0.2, 0) is 9.53 Å². The van der Waals surface area contributed by atoms with Crippen molar-refractivity contribution in [3.63, 3.8) is 0 Å². The molecule has 0 aromatic rings. The third-order valence-electron chi connectivity index (χ3n) is 2.12. The third-order valence-corrected chi connectivity index (χ3v) is 2.12. The highest BCUT2D eigenvalue weighted by Gasteiger charge is 2.07. The van der Waals surface area contributed by atoms with E-state index in [0.29, 0.717) is 17.9 Å². The third kappa shape index (κ3) is 5.91. The molecule has 0 saturated carbocycles. The van der Waals surface area contributed by atoms with Gasteiger partial charge < -0.3 is 15.2 Å². The van der Waals surface area contributed by atoms with E-state index in [1.807, 2.05) is 13.8 Å². The number of nitrogens with one attached hydrogen (secondary N) is 1. The van der Waals surface area contributed by atoms with Crippen LogP contribution in [0.5, 0.6) is 0 Å². The summed E-state index contributed by atoms with van der Waals surface area (Å²) in [6.45, 7) is 8.94. The van der Waals surface area contributed by atoms with Gasteiger partial charge in [0.05, 0.1) is 5.70 Å². The van der Waals surface area contributed by atoms with Gasteiger partial charge in [-0.15, -0.1) is 0 Å². The Bertz CT molecular complexity index is 480. The fraction of sp³-hybridized carbons (Fsp3) is 0.188. The van der Waals surface area contributed by atoms with Crippen molar-refractivity contribution in [1.82, 2.24) is 5.32 Å². The first-order valence-electron chi connectivity index (χ1n) is 6.20. The van der Waals surface area contributed by atoms with Gasteiger partial charge in [-0.1, -0.05) is 24.8 Å². The molecule has 0 radical (unpaired) electrons. The maximum absolute atomic E-state index is 10.6. The molecule has 0 unspecified atom stereocenters. The molecule has 0 aliphatic heterocycles. The molecule has 108 valence electrons. The van der Waals surface area contributed by atoms with Gasteiger partial charge in [-0.05, 0) is 45.1 Å². The lowest BCUT2D eigenvalue weighted by molar-refractivity contribution is -0.108. The van der Waals surface area contributed by atoms with E-state index in [-0.39, 0.29) is 11.5 Å². The number of hydrogen-bond acceptors (Lipinski definition) is 3. The Morgan fingerprint density at radius 3 is 2.05 bits per heavy atom. The second-order valence-electron chi connectivity index (χ2n) is 3.60. The van der Waals surface area contributed by atoms with Crippen LogP contribution in [0.15, 0.2) is 72.1 Å². The molecule has 0 rings (SSSR count). The molecular formula is C16H21NO3. The van der Waals surface area contributed by atoms with Crippen LogP contribution in [0.4, 0.5) is 0 Å². The maximum atomic E-state index is 10.6. The lowest BCUT2D eigenvalue weighted by Crippen LogP contribution is -2.12. The van der Waals surface area contributed by atoms with Crippen molar-refractivity contribution in [3.8, 4) is 0 Å². The monoisotopic (exact) mass is 275 g/mol. The fourth-order valence-corrected chi connectivity index (χ4v) is 1.30. The number of carbonyl (C=O) groups excluding carboxylic acids is 1. The van der Waals surface area contributed by atoms with Crippen LogP contribution in [-0.4, -0.2) is 11.5 Å². The Morgan fingerprint density at radius 1 is 1.05 bits per heavy atom. The molecule has 0 spiro atoms. The number of amides is 1. The zero-order chi connectivity index (χ0) is 15.4. The summed E-state index contributed by atoms with van der Waals surface area (Å²) < 4.78 is 5.64. The minimum absolute atomic E-state index is 0.0870. The number of rotatable bonds is 8. The highest BCUT2D eigenvalue weighted by atomic mass is 16.5. The SMILES string of the molecule is C=C/C(O)=C(\C=C/C)OC(/C=C\C)=C(/C=C\C)NC=O. The quantitative estimate of drug-likeness (QED) is 0.404. The molecule has 0 atom stereocenters. The van der Waals surface area contributed by atoms with Crippen LogP contribution in [0.2, 0.25) is 0 Å². The zero-order valence-corrected chi connectivity index (χ0v) is 12.1. The van der Waals surface area contributed by atoms with E-state index in [0.717, 1.165) is 0 Å². The summed E-state index contributed by atoms with van der Waals surface area (Å²) >= 11 is 0. The molecule has 0 saturated heterocycles. The summed E-state index contributed by atoms with van der Waals surface area (Å²) in [5.41, 5.74) is 0.486. The number of aliphatic hydroxyl groups is 1. The van der Waals surface area contributed by atoms with Crippen LogP contribution >= 0.6 is 0 Å². The largest absolute Gasteiger partial charge is 0.504 e. The summed E-state index contributed by atoms with van der Waals surface area (Å²) in [6.07, 6.45) is 12.1. The first kappa shape index (κ1) is 17.5. The first-order valence-corrected chi connectivity index (χ1v) is 6.20. The molecule has 0 aromatic heterocycles. The van der Waals surface area contributed by atoms with Gasteiger partial charge in [0.1, 0.15) is 0 Å². The van der Waals surface area contributed by atoms with Crippen LogP contribution in [0, 0.1) is 0 Å². The average Bonchev–Trinajstić information content (AvgIpc) is 2.45. The second kappa shape index (κ2) is 10.4. The maximum Gasteiger partial charge on any atom is 0.211 e. The summed E-state index contributed by atoms with van der Waals surface area (Å²) in [6, 6.07) is 0. The standard InChI is InChI=1S/C16H21NO3/c1-5-9-13(17-12-18)15(10-6-2)20-16(11-7-3)14(19)8-4/h5-12,19H,4H2,1-3H3,(H,17,18)/b9-5-,10-6-,11-7-,15-13-,16-14-. The molecule has 0 heterocycles. The van der Waals surface area contributed by atoms with Crippen molar-refractivity contribution in [2.45, 2.75) is 20.8 Å². The van der Waals surface area contributed by atoms with E-state index in [9.17, 15) is 9.90 Å². The fourth-order valence-electron chi connectivity index (χ4n) is 1.30. The van der Waals surface area contributed by atoms with Crippen LogP contribution in [0.25, 0.3) is 0 Å². The Hall–Kier alpha value is -2.49. The van der Waals surface area contributed by atoms with Gasteiger partial charge in [0.25, 0.3) is 0 Å². The van der Waals surface area contributed by atoms with E-state index in [1.165, 1.54) is 6.08 Å². The number of allylic oxidation sites excluding steroid dienone is 7. The average molecular weight is 275 g/mol.